The number of aromatic carboxylic acids is 1. The molecule has 70 valence electrons. The molecule has 0 spiro atoms. The maximum absolute atomic E-state index is 10.6. The Morgan fingerprint density at radius 1 is 1.54 bits per heavy atom. The highest BCUT2D eigenvalue weighted by Gasteiger charge is 2.06. The molecule has 0 saturated heterocycles. The van der Waals surface area contributed by atoms with Crippen LogP contribution in [0.1, 0.15) is 22.8 Å². The number of rotatable bonds is 3. The number of aryl methyl sites for hydroxylation is 1. The van der Waals surface area contributed by atoms with Crippen LogP contribution in [0.4, 0.5) is 0 Å². The van der Waals surface area contributed by atoms with Crippen LogP contribution in [-0.2, 0) is 6.42 Å². The van der Waals surface area contributed by atoms with Crippen LogP contribution in [0.3, 0.4) is 0 Å². The fraction of sp³-hybridized carbons (Fsp3) is 0.300. The van der Waals surface area contributed by atoms with Gasteiger partial charge in [0.05, 0.1) is 12.7 Å². The van der Waals surface area contributed by atoms with Gasteiger partial charge in [-0.3, -0.25) is 0 Å². The highest BCUT2D eigenvalue weighted by Crippen LogP contribution is 2.20. The summed E-state index contributed by atoms with van der Waals surface area (Å²) in [7, 11) is 1.58. The van der Waals surface area contributed by atoms with Crippen molar-refractivity contribution in [1.82, 2.24) is 0 Å². The SMILES string of the molecule is CCc1cc(C(=O)O)ccc1OC. The zero-order chi connectivity index (χ0) is 9.84. The van der Waals surface area contributed by atoms with E-state index in [-0.39, 0.29) is 0 Å². The van der Waals surface area contributed by atoms with E-state index < -0.39 is 5.97 Å². The topological polar surface area (TPSA) is 46.5 Å². The summed E-state index contributed by atoms with van der Waals surface area (Å²) in [6, 6.07) is 4.86. The third-order valence-electron chi connectivity index (χ3n) is 1.91. The maximum Gasteiger partial charge on any atom is 0.335 e. The number of carbonyl (C=O) groups is 1. The number of hydrogen-bond donors (Lipinski definition) is 1. The van der Waals surface area contributed by atoms with Gasteiger partial charge in [0.25, 0.3) is 0 Å². The van der Waals surface area contributed by atoms with Crippen molar-refractivity contribution in [2.75, 3.05) is 7.11 Å². The Labute approximate surface area is 77.0 Å². The zero-order valence-electron chi connectivity index (χ0n) is 7.70. The van der Waals surface area contributed by atoms with Crippen LogP contribution >= 0.6 is 0 Å². The largest absolute Gasteiger partial charge is 0.496 e. The fourth-order valence-electron chi connectivity index (χ4n) is 1.19. The third kappa shape index (κ3) is 1.99. The second-order valence-electron chi connectivity index (χ2n) is 2.69. The normalized spacial score (nSPS) is 9.69. The first-order valence-corrected chi connectivity index (χ1v) is 4.09. The molecular weight excluding hydrogens is 168 g/mol. The highest BCUT2D eigenvalue weighted by atomic mass is 16.5. The molecule has 0 bridgehead atoms. The summed E-state index contributed by atoms with van der Waals surface area (Å²) in [5, 5.41) is 8.73. The molecule has 3 nitrogen and oxygen atoms in total. The second-order valence-corrected chi connectivity index (χ2v) is 2.69. The Morgan fingerprint density at radius 2 is 2.23 bits per heavy atom. The first-order valence-electron chi connectivity index (χ1n) is 4.09. The molecule has 1 rings (SSSR count). The molecule has 0 heterocycles. The van der Waals surface area contributed by atoms with E-state index in [9.17, 15) is 4.79 Å². The molecule has 0 aliphatic carbocycles. The molecule has 3 heteroatoms. The van der Waals surface area contributed by atoms with Crippen LogP contribution in [0.5, 0.6) is 5.75 Å². The van der Waals surface area contributed by atoms with E-state index in [0.29, 0.717) is 5.56 Å². The van der Waals surface area contributed by atoms with Gasteiger partial charge in [0.2, 0.25) is 0 Å². The van der Waals surface area contributed by atoms with Crippen LogP contribution in [-0.4, -0.2) is 18.2 Å². The molecule has 0 aliphatic heterocycles. The average molecular weight is 180 g/mol. The Bertz CT molecular complexity index is 318. The Kier molecular flexibility index (Phi) is 2.90. The van der Waals surface area contributed by atoms with Gasteiger partial charge in [-0.2, -0.15) is 0 Å². The number of carboxylic acids is 1. The molecule has 0 aromatic heterocycles. The van der Waals surface area contributed by atoms with Gasteiger partial charge in [-0.15, -0.1) is 0 Å². The number of methoxy groups -OCH3 is 1. The summed E-state index contributed by atoms with van der Waals surface area (Å²) in [6.07, 6.45) is 0.768. The summed E-state index contributed by atoms with van der Waals surface area (Å²) < 4.78 is 5.08. The predicted octanol–water partition coefficient (Wildman–Crippen LogP) is 1.96. The third-order valence-corrected chi connectivity index (χ3v) is 1.91. The molecular formula is C10H12O3. The predicted molar refractivity (Wildman–Crippen MR) is 49.3 cm³/mol. The van der Waals surface area contributed by atoms with E-state index in [1.807, 2.05) is 6.92 Å². The van der Waals surface area contributed by atoms with Gasteiger partial charge < -0.3 is 9.84 Å². The molecule has 0 atom stereocenters. The summed E-state index contributed by atoms with van der Waals surface area (Å²) in [4.78, 5) is 10.6. The van der Waals surface area contributed by atoms with Crippen molar-refractivity contribution in [1.29, 1.82) is 0 Å². The van der Waals surface area contributed by atoms with Gasteiger partial charge in [-0.05, 0) is 30.2 Å². The Morgan fingerprint density at radius 3 is 2.69 bits per heavy atom. The smallest absolute Gasteiger partial charge is 0.335 e. The van der Waals surface area contributed by atoms with E-state index in [0.717, 1.165) is 17.7 Å². The Balaban J connectivity index is 3.13. The lowest BCUT2D eigenvalue weighted by Crippen LogP contribution is -1.99. The van der Waals surface area contributed by atoms with Gasteiger partial charge in [0.1, 0.15) is 5.75 Å². The van der Waals surface area contributed by atoms with E-state index >= 15 is 0 Å². The minimum atomic E-state index is -0.905. The number of hydrogen-bond acceptors (Lipinski definition) is 2. The number of ether oxygens (including phenoxy) is 1. The monoisotopic (exact) mass is 180 g/mol. The van der Waals surface area contributed by atoms with Crippen molar-refractivity contribution < 1.29 is 14.6 Å². The summed E-state index contributed by atoms with van der Waals surface area (Å²) in [5.74, 6) is -0.162. The lowest BCUT2D eigenvalue weighted by molar-refractivity contribution is 0.0696. The van der Waals surface area contributed by atoms with Crippen LogP contribution in [0, 0.1) is 0 Å². The molecule has 0 unspecified atom stereocenters. The van der Waals surface area contributed by atoms with E-state index in [4.69, 9.17) is 9.84 Å². The van der Waals surface area contributed by atoms with Gasteiger partial charge >= 0.3 is 5.97 Å². The van der Waals surface area contributed by atoms with Crippen molar-refractivity contribution in [3.05, 3.63) is 29.3 Å². The van der Waals surface area contributed by atoms with Crippen molar-refractivity contribution in [2.45, 2.75) is 13.3 Å². The molecule has 0 saturated carbocycles. The highest BCUT2D eigenvalue weighted by molar-refractivity contribution is 5.88. The lowest BCUT2D eigenvalue weighted by Gasteiger charge is -2.06. The van der Waals surface area contributed by atoms with Gasteiger partial charge in [0.15, 0.2) is 0 Å². The minimum Gasteiger partial charge on any atom is -0.496 e. The maximum atomic E-state index is 10.6. The van der Waals surface area contributed by atoms with Crippen molar-refractivity contribution >= 4 is 5.97 Å². The van der Waals surface area contributed by atoms with E-state index in [1.54, 1.807) is 25.3 Å². The van der Waals surface area contributed by atoms with Crippen LogP contribution < -0.4 is 4.74 Å². The standard InChI is InChI=1S/C10H12O3/c1-3-7-6-8(10(11)12)4-5-9(7)13-2/h4-6H,3H2,1-2H3,(H,11,12). The van der Waals surface area contributed by atoms with Crippen LogP contribution in [0.15, 0.2) is 18.2 Å². The van der Waals surface area contributed by atoms with Crippen LogP contribution in [0.2, 0.25) is 0 Å². The van der Waals surface area contributed by atoms with Gasteiger partial charge in [-0.1, -0.05) is 6.92 Å². The molecule has 13 heavy (non-hydrogen) atoms. The zero-order valence-corrected chi connectivity index (χ0v) is 7.70. The quantitative estimate of drug-likeness (QED) is 0.773. The van der Waals surface area contributed by atoms with Gasteiger partial charge in [0, 0.05) is 0 Å². The summed E-state index contributed by atoms with van der Waals surface area (Å²) in [5.41, 5.74) is 1.22. The van der Waals surface area contributed by atoms with Gasteiger partial charge in [-0.25, -0.2) is 4.79 Å². The molecule has 0 aliphatic rings. The molecule has 1 aromatic carbocycles. The van der Waals surface area contributed by atoms with Crippen molar-refractivity contribution in [3.8, 4) is 5.75 Å². The molecule has 0 amide bonds. The molecule has 1 N–H and O–H groups in total. The molecule has 0 radical (unpaired) electrons. The first kappa shape index (κ1) is 9.58. The Hall–Kier alpha value is -1.51. The lowest BCUT2D eigenvalue weighted by atomic mass is 10.1. The summed E-state index contributed by atoms with van der Waals surface area (Å²) >= 11 is 0. The number of benzene rings is 1. The summed E-state index contributed by atoms with van der Waals surface area (Å²) in [6.45, 7) is 1.96. The van der Waals surface area contributed by atoms with Crippen molar-refractivity contribution in [3.63, 3.8) is 0 Å². The minimum absolute atomic E-state index is 0.303. The first-order chi connectivity index (χ1) is 6.19. The molecule has 0 fully saturated rings. The van der Waals surface area contributed by atoms with E-state index in [1.165, 1.54) is 0 Å². The van der Waals surface area contributed by atoms with Crippen LogP contribution in [0.25, 0.3) is 0 Å². The average Bonchev–Trinajstić information content (AvgIpc) is 2.16. The fourth-order valence-corrected chi connectivity index (χ4v) is 1.19. The van der Waals surface area contributed by atoms with Crippen molar-refractivity contribution in [2.24, 2.45) is 0 Å². The van der Waals surface area contributed by atoms with E-state index in [2.05, 4.69) is 0 Å². The second kappa shape index (κ2) is 3.94. The number of carboxylic acid groups (broad SMARTS) is 1. The molecule has 1 aromatic rings.